The summed E-state index contributed by atoms with van der Waals surface area (Å²) in [7, 11) is 0. The Hall–Kier alpha value is -1.59. The Morgan fingerprint density at radius 2 is 1.70 bits per heavy atom. The molecule has 1 heterocycles. The quantitative estimate of drug-likeness (QED) is 0.531. The highest BCUT2D eigenvalue weighted by molar-refractivity contribution is 5.78. The minimum atomic E-state index is -0.509. The van der Waals surface area contributed by atoms with Crippen molar-refractivity contribution in [2.45, 2.75) is 97.9 Å². The molecule has 5 nitrogen and oxygen atoms in total. The van der Waals surface area contributed by atoms with Gasteiger partial charge < -0.3 is 20.7 Å². The van der Waals surface area contributed by atoms with E-state index in [0.29, 0.717) is 30.4 Å². The van der Waals surface area contributed by atoms with Gasteiger partial charge in [0.05, 0.1) is 18.0 Å². The minimum Gasteiger partial charge on any atom is -0.495 e. The fraction of sp³-hybridized carbons (Fsp3) is 0.750. The normalized spacial score (nSPS) is 42.6. The molecule has 0 aromatic rings. The van der Waals surface area contributed by atoms with E-state index in [1.165, 1.54) is 0 Å². The number of hydrogen-bond donors (Lipinski definition) is 3. The Kier molecular flexibility index (Phi) is 10.7. The first-order valence-corrected chi connectivity index (χ1v) is 12.8. The van der Waals surface area contributed by atoms with Crippen LogP contribution >= 0.6 is 0 Å². The maximum Gasteiger partial charge on any atom is 0.220 e. The van der Waals surface area contributed by atoms with Crippen molar-refractivity contribution >= 4 is 5.91 Å². The minimum absolute atomic E-state index is 0.0706. The summed E-state index contributed by atoms with van der Waals surface area (Å²) in [6.45, 7) is 14.8. The van der Waals surface area contributed by atoms with Gasteiger partial charge in [-0.1, -0.05) is 52.5 Å². The second-order valence-corrected chi connectivity index (χ2v) is 11.1. The Labute approximate surface area is 201 Å². The number of hydrogen-bond acceptors (Lipinski definition) is 4. The van der Waals surface area contributed by atoms with Crippen molar-refractivity contribution in [1.82, 2.24) is 0 Å². The highest BCUT2D eigenvalue weighted by Gasteiger charge is 2.41. The van der Waals surface area contributed by atoms with Crippen LogP contribution in [0, 0.1) is 35.5 Å². The average Bonchev–Trinajstić information content (AvgIpc) is 2.67. The topological polar surface area (TPSA) is 92.8 Å². The van der Waals surface area contributed by atoms with Gasteiger partial charge in [-0.2, -0.15) is 0 Å². The van der Waals surface area contributed by atoms with Gasteiger partial charge in [-0.25, -0.2) is 0 Å². The number of ether oxygens (including phenoxy) is 1. The predicted octanol–water partition coefficient (Wildman–Crippen LogP) is 5.13. The third-order valence-corrected chi connectivity index (χ3v) is 7.80. The van der Waals surface area contributed by atoms with Crippen LogP contribution in [0.2, 0.25) is 0 Å². The lowest BCUT2D eigenvalue weighted by molar-refractivity contribution is -0.131. The van der Waals surface area contributed by atoms with Crippen LogP contribution in [0.15, 0.2) is 36.1 Å². The third-order valence-electron chi connectivity index (χ3n) is 7.80. The van der Waals surface area contributed by atoms with Crippen LogP contribution in [0.1, 0.15) is 79.6 Å². The zero-order chi connectivity index (χ0) is 24.7. The van der Waals surface area contributed by atoms with E-state index >= 15 is 0 Å². The zero-order valence-electron chi connectivity index (χ0n) is 21.4. The number of primary amides is 1. The van der Waals surface area contributed by atoms with Crippen molar-refractivity contribution in [3.63, 3.8) is 0 Å². The standard InChI is InChI=1S/C28H47NO4/c1-17-13-18(2)15-21(5)27(31)19(3)9-7-8-10-26(23-11-12-24(23)28(29)32)33-22(6)16-25(30)20(4)14-17/h7-9,17-18,20-21,23-27,30-31H,6,10-16H2,1-5H3,(H2,29,32)/b8-7+,19-9-/t17-,18+,20-,21-,23+,24+,25-,26-,27-/m0/s1. The summed E-state index contributed by atoms with van der Waals surface area (Å²) in [6, 6.07) is 0. The molecule has 5 heteroatoms. The second-order valence-electron chi connectivity index (χ2n) is 11.1. The molecule has 2 aliphatic rings. The number of aliphatic hydroxyl groups is 2. The van der Waals surface area contributed by atoms with E-state index in [4.69, 9.17) is 10.5 Å². The molecular formula is C28H47NO4. The van der Waals surface area contributed by atoms with Gasteiger partial charge >= 0.3 is 0 Å². The summed E-state index contributed by atoms with van der Waals surface area (Å²) in [5.41, 5.74) is 6.55. The molecule has 33 heavy (non-hydrogen) atoms. The van der Waals surface area contributed by atoms with Gasteiger partial charge in [0, 0.05) is 24.7 Å². The first-order chi connectivity index (χ1) is 15.5. The summed E-state index contributed by atoms with van der Waals surface area (Å²) in [6.07, 6.45) is 10.5. The number of nitrogens with two attached hydrogens (primary N) is 1. The molecule has 0 spiro atoms. The lowest BCUT2D eigenvalue weighted by Crippen LogP contribution is -2.44. The number of carbonyl (C=O) groups is 1. The smallest absolute Gasteiger partial charge is 0.220 e. The molecule has 1 aliphatic carbocycles. The largest absolute Gasteiger partial charge is 0.495 e. The van der Waals surface area contributed by atoms with E-state index < -0.39 is 12.2 Å². The van der Waals surface area contributed by atoms with Gasteiger partial charge in [0.1, 0.15) is 6.10 Å². The Bertz CT molecular complexity index is 715. The number of rotatable bonds is 2. The van der Waals surface area contributed by atoms with Gasteiger partial charge in [-0.05, 0) is 68.3 Å². The molecule has 0 unspecified atom stereocenters. The monoisotopic (exact) mass is 461 g/mol. The Morgan fingerprint density at radius 1 is 1.06 bits per heavy atom. The molecule has 1 saturated carbocycles. The van der Waals surface area contributed by atoms with Crippen LogP contribution in [-0.2, 0) is 9.53 Å². The fourth-order valence-electron chi connectivity index (χ4n) is 5.75. The SMILES string of the molecule is C=C1C[C@H](O)[C@@H](C)C[C@@H](C)C[C@@H](C)C[C@H](C)[C@@H](O)/C(C)=C\C=C\C[C@@H]([C@@H]2CC[C@H]2C(N)=O)O1. The van der Waals surface area contributed by atoms with Crippen molar-refractivity contribution in [2.75, 3.05) is 0 Å². The molecule has 4 N–H and O–H groups in total. The summed E-state index contributed by atoms with van der Waals surface area (Å²) in [5, 5.41) is 21.6. The molecule has 1 fully saturated rings. The number of amides is 1. The first-order valence-electron chi connectivity index (χ1n) is 12.8. The maximum absolute atomic E-state index is 11.8. The number of aliphatic hydroxyl groups excluding tert-OH is 2. The van der Waals surface area contributed by atoms with Crippen LogP contribution in [0.4, 0.5) is 0 Å². The van der Waals surface area contributed by atoms with Gasteiger partial charge in [0.25, 0.3) is 0 Å². The van der Waals surface area contributed by atoms with Gasteiger partial charge in [0.15, 0.2) is 0 Å². The predicted molar refractivity (Wildman–Crippen MR) is 134 cm³/mol. The van der Waals surface area contributed by atoms with E-state index in [0.717, 1.165) is 37.7 Å². The van der Waals surface area contributed by atoms with Crippen LogP contribution in [0.3, 0.4) is 0 Å². The molecule has 0 saturated heterocycles. The van der Waals surface area contributed by atoms with Crippen molar-refractivity contribution in [3.05, 3.63) is 36.1 Å². The third kappa shape index (κ3) is 8.29. The first kappa shape index (κ1) is 27.7. The van der Waals surface area contributed by atoms with Crippen molar-refractivity contribution in [2.24, 2.45) is 41.2 Å². The van der Waals surface area contributed by atoms with Crippen LogP contribution < -0.4 is 5.73 Å². The highest BCUT2D eigenvalue weighted by atomic mass is 16.5. The van der Waals surface area contributed by atoms with E-state index in [1.807, 2.05) is 25.2 Å². The van der Waals surface area contributed by atoms with Crippen LogP contribution in [0.25, 0.3) is 0 Å². The van der Waals surface area contributed by atoms with Crippen LogP contribution in [0.5, 0.6) is 0 Å². The van der Waals surface area contributed by atoms with Crippen molar-refractivity contribution < 1.29 is 19.7 Å². The maximum atomic E-state index is 11.8. The average molecular weight is 462 g/mol. The van der Waals surface area contributed by atoms with Crippen LogP contribution in [-0.4, -0.2) is 34.4 Å². The molecule has 0 aromatic carbocycles. The second kappa shape index (κ2) is 12.8. The lowest BCUT2D eigenvalue weighted by Gasteiger charge is -2.40. The Balaban J connectivity index is 2.21. The molecule has 0 aromatic heterocycles. The molecule has 1 aliphatic heterocycles. The van der Waals surface area contributed by atoms with E-state index in [9.17, 15) is 15.0 Å². The van der Waals surface area contributed by atoms with Gasteiger partial charge in [0.2, 0.25) is 5.91 Å². The molecular weight excluding hydrogens is 414 g/mol. The Morgan fingerprint density at radius 3 is 2.27 bits per heavy atom. The molecule has 2 rings (SSSR count). The number of allylic oxidation sites excluding steroid dienone is 2. The van der Waals surface area contributed by atoms with E-state index in [2.05, 4.69) is 34.3 Å². The van der Waals surface area contributed by atoms with Gasteiger partial charge in [-0.15, -0.1) is 0 Å². The lowest BCUT2D eigenvalue weighted by atomic mass is 9.69. The summed E-state index contributed by atoms with van der Waals surface area (Å²) in [4.78, 5) is 11.8. The number of carbonyl (C=O) groups excluding carboxylic acids is 1. The highest BCUT2D eigenvalue weighted by Crippen LogP contribution is 2.40. The summed E-state index contributed by atoms with van der Waals surface area (Å²) in [5.74, 6) is 1.53. The molecule has 0 radical (unpaired) electrons. The molecule has 9 atom stereocenters. The van der Waals surface area contributed by atoms with E-state index in [-0.39, 0.29) is 35.7 Å². The summed E-state index contributed by atoms with van der Waals surface area (Å²) < 4.78 is 6.22. The van der Waals surface area contributed by atoms with Gasteiger partial charge in [-0.3, -0.25) is 4.79 Å². The molecule has 1 amide bonds. The van der Waals surface area contributed by atoms with Crippen molar-refractivity contribution in [1.29, 1.82) is 0 Å². The van der Waals surface area contributed by atoms with Crippen molar-refractivity contribution in [3.8, 4) is 0 Å². The molecule has 0 bridgehead atoms. The zero-order valence-corrected chi connectivity index (χ0v) is 21.4. The molecule has 188 valence electrons. The van der Waals surface area contributed by atoms with E-state index in [1.54, 1.807) is 0 Å². The summed E-state index contributed by atoms with van der Waals surface area (Å²) >= 11 is 0. The fourth-order valence-corrected chi connectivity index (χ4v) is 5.75.